The average Bonchev–Trinajstić information content (AvgIpc) is 3.05. The topological polar surface area (TPSA) is 69.7 Å². The van der Waals surface area contributed by atoms with Crippen LogP contribution in [0.15, 0.2) is 91.0 Å². The zero-order valence-electron chi connectivity index (χ0n) is 18.1. The predicted molar refractivity (Wildman–Crippen MR) is 122 cm³/mol. The smallest absolute Gasteiger partial charge is 0.325 e. The molecule has 1 unspecified atom stereocenters. The van der Waals surface area contributed by atoms with E-state index in [1.165, 1.54) is 0 Å². The number of urea groups is 1. The Labute approximate surface area is 187 Å². The van der Waals surface area contributed by atoms with Gasteiger partial charge in [0.1, 0.15) is 12.1 Å². The molecule has 1 saturated heterocycles. The molecule has 1 N–H and O–H groups in total. The lowest BCUT2D eigenvalue weighted by atomic mass is 9.92. The first-order valence-corrected chi connectivity index (χ1v) is 10.5. The van der Waals surface area contributed by atoms with Gasteiger partial charge in [-0.15, -0.1) is 0 Å². The summed E-state index contributed by atoms with van der Waals surface area (Å²) in [6, 6.07) is 27.5. The Balaban J connectivity index is 1.58. The van der Waals surface area contributed by atoms with Gasteiger partial charge in [0.2, 0.25) is 5.91 Å². The first-order valence-electron chi connectivity index (χ1n) is 10.5. The van der Waals surface area contributed by atoms with Gasteiger partial charge in [-0.05, 0) is 23.6 Å². The van der Waals surface area contributed by atoms with Crippen LogP contribution in [0.3, 0.4) is 0 Å². The molecule has 1 atom stereocenters. The van der Waals surface area contributed by atoms with Crippen LogP contribution in [-0.2, 0) is 15.1 Å². The number of nitrogens with one attached hydrogen (secondary N) is 1. The van der Waals surface area contributed by atoms with Gasteiger partial charge in [-0.25, -0.2) is 4.79 Å². The Hall–Kier alpha value is -3.93. The number of amides is 4. The van der Waals surface area contributed by atoms with Crippen LogP contribution in [0.4, 0.5) is 4.79 Å². The van der Waals surface area contributed by atoms with Gasteiger partial charge in [0.05, 0.1) is 6.04 Å². The van der Waals surface area contributed by atoms with Crippen LogP contribution in [0.2, 0.25) is 0 Å². The maximum Gasteiger partial charge on any atom is 0.325 e. The van der Waals surface area contributed by atoms with Crippen molar-refractivity contribution >= 4 is 17.8 Å². The molecule has 0 radical (unpaired) electrons. The third-order valence-electron chi connectivity index (χ3n) is 5.93. The SMILES string of the molecule is CN(C(=O)CN1C(=O)NC(C)(c2ccccc2)C1=O)C(c1ccccc1)c1ccccc1. The van der Waals surface area contributed by atoms with E-state index in [1.54, 1.807) is 31.0 Å². The van der Waals surface area contributed by atoms with Crippen LogP contribution in [0.25, 0.3) is 0 Å². The lowest BCUT2D eigenvalue weighted by Crippen LogP contribution is -2.44. The molecule has 4 amide bonds. The number of likely N-dealkylation sites (N-methyl/N-ethyl adjacent to an activating group) is 1. The van der Waals surface area contributed by atoms with Crippen molar-refractivity contribution in [3.8, 4) is 0 Å². The van der Waals surface area contributed by atoms with Crippen LogP contribution >= 0.6 is 0 Å². The molecule has 162 valence electrons. The molecule has 6 heteroatoms. The Morgan fingerprint density at radius 2 is 1.34 bits per heavy atom. The maximum atomic E-state index is 13.3. The van der Waals surface area contributed by atoms with E-state index < -0.39 is 17.5 Å². The Morgan fingerprint density at radius 1 is 0.875 bits per heavy atom. The highest BCUT2D eigenvalue weighted by molar-refractivity contribution is 6.09. The van der Waals surface area contributed by atoms with Gasteiger partial charge in [0.25, 0.3) is 5.91 Å². The van der Waals surface area contributed by atoms with Crippen molar-refractivity contribution in [3.05, 3.63) is 108 Å². The van der Waals surface area contributed by atoms with Gasteiger partial charge in [-0.1, -0.05) is 91.0 Å². The molecule has 0 bridgehead atoms. The number of benzene rings is 3. The summed E-state index contributed by atoms with van der Waals surface area (Å²) >= 11 is 0. The third kappa shape index (κ3) is 3.87. The monoisotopic (exact) mass is 427 g/mol. The van der Waals surface area contributed by atoms with E-state index in [0.29, 0.717) is 5.56 Å². The quantitative estimate of drug-likeness (QED) is 0.610. The number of imide groups is 1. The Bertz CT molecular complexity index is 1080. The van der Waals surface area contributed by atoms with Crippen LogP contribution in [0.1, 0.15) is 29.7 Å². The summed E-state index contributed by atoms with van der Waals surface area (Å²) in [6.07, 6.45) is 0. The minimum Gasteiger partial charge on any atom is -0.333 e. The molecule has 0 aromatic heterocycles. The average molecular weight is 428 g/mol. The molecular formula is C26H25N3O3. The normalized spacial score (nSPS) is 18.0. The highest BCUT2D eigenvalue weighted by atomic mass is 16.2. The summed E-state index contributed by atoms with van der Waals surface area (Å²) < 4.78 is 0. The van der Waals surface area contributed by atoms with Crippen molar-refractivity contribution < 1.29 is 14.4 Å². The minimum absolute atomic E-state index is 0.330. The summed E-state index contributed by atoms with van der Waals surface area (Å²) in [6.45, 7) is 1.33. The molecule has 32 heavy (non-hydrogen) atoms. The zero-order chi connectivity index (χ0) is 22.7. The second kappa shape index (κ2) is 8.67. The van der Waals surface area contributed by atoms with Crippen molar-refractivity contribution in [1.82, 2.24) is 15.1 Å². The van der Waals surface area contributed by atoms with E-state index in [1.807, 2.05) is 78.9 Å². The maximum absolute atomic E-state index is 13.3. The molecule has 6 nitrogen and oxygen atoms in total. The minimum atomic E-state index is -1.20. The number of rotatable bonds is 6. The molecule has 1 heterocycles. The Kier molecular flexibility index (Phi) is 5.77. The predicted octanol–water partition coefficient (Wildman–Crippen LogP) is 3.70. The van der Waals surface area contributed by atoms with Crippen LogP contribution in [-0.4, -0.2) is 41.2 Å². The summed E-state index contributed by atoms with van der Waals surface area (Å²) in [5.41, 5.74) is 1.37. The third-order valence-corrected chi connectivity index (χ3v) is 5.93. The van der Waals surface area contributed by atoms with Gasteiger partial charge < -0.3 is 10.2 Å². The standard InChI is InChI=1S/C26H25N3O3/c1-26(21-16-10-5-11-17-21)24(31)29(25(32)27-26)18-22(30)28(2)23(19-12-6-3-7-13-19)20-14-8-4-9-15-20/h3-17,23H,18H2,1-2H3,(H,27,32). The number of carbonyl (C=O) groups excluding carboxylic acids is 3. The van der Waals surface area contributed by atoms with Crippen molar-refractivity contribution in [3.63, 3.8) is 0 Å². The summed E-state index contributed by atoms with van der Waals surface area (Å²) in [7, 11) is 1.70. The largest absolute Gasteiger partial charge is 0.333 e. The van der Waals surface area contributed by atoms with E-state index in [9.17, 15) is 14.4 Å². The fraction of sp³-hybridized carbons (Fsp3) is 0.192. The van der Waals surface area contributed by atoms with Crippen LogP contribution < -0.4 is 5.32 Å². The van der Waals surface area contributed by atoms with Gasteiger partial charge in [-0.2, -0.15) is 0 Å². The highest BCUT2D eigenvalue weighted by Crippen LogP contribution is 2.30. The molecule has 1 aliphatic heterocycles. The second-order valence-electron chi connectivity index (χ2n) is 8.04. The second-order valence-corrected chi connectivity index (χ2v) is 8.04. The van der Waals surface area contributed by atoms with E-state index in [4.69, 9.17) is 0 Å². The first kappa shape index (κ1) is 21.3. The van der Waals surface area contributed by atoms with Gasteiger partial charge >= 0.3 is 6.03 Å². The lowest BCUT2D eigenvalue weighted by molar-refractivity contribution is -0.139. The van der Waals surface area contributed by atoms with Crippen LogP contribution in [0.5, 0.6) is 0 Å². The van der Waals surface area contributed by atoms with Gasteiger partial charge in [0, 0.05) is 7.05 Å². The zero-order valence-corrected chi connectivity index (χ0v) is 18.1. The van der Waals surface area contributed by atoms with E-state index in [2.05, 4.69) is 5.32 Å². The Morgan fingerprint density at radius 3 is 1.84 bits per heavy atom. The van der Waals surface area contributed by atoms with Crippen molar-refractivity contribution in [1.29, 1.82) is 0 Å². The number of hydrogen-bond donors (Lipinski definition) is 1. The molecule has 4 rings (SSSR count). The molecule has 1 aliphatic rings. The fourth-order valence-corrected chi connectivity index (χ4v) is 4.11. The summed E-state index contributed by atoms with van der Waals surface area (Å²) in [4.78, 5) is 41.7. The van der Waals surface area contributed by atoms with Crippen LogP contribution in [0, 0.1) is 0 Å². The lowest BCUT2D eigenvalue weighted by Gasteiger charge is -2.30. The molecule has 0 spiro atoms. The first-order chi connectivity index (χ1) is 15.4. The fourth-order valence-electron chi connectivity index (χ4n) is 4.11. The molecule has 3 aromatic carbocycles. The van der Waals surface area contributed by atoms with Gasteiger partial charge in [-0.3, -0.25) is 14.5 Å². The van der Waals surface area contributed by atoms with Gasteiger partial charge in [0.15, 0.2) is 0 Å². The molecular weight excluding hydrogens is 402 g/mol. The molecule has 3 aromatic rings. The van der Waals surface area contributed by atoms with Crippen molar-refractivity contribution in [2.24, 2.45) is 0 Å². The van der Waals surface area contributed by atoms with Crippen molar-refractivity contribution in [2.45, 2.75) is 18.5 Å². The highest BCUT2D eigenvalue weighted by Gasteiger charge is 2.49. The number of nitrogens with zero attached hydrogens (tertiary/aromatic N) is 2. The van der Waals surface area contributed by atoms with E-state index >= 15 is 0 Å². The van der Waals surface area contributed by atoms with E-state index in [-0.39, 0.29) is 18.5 Å². The summed E-state index contributed by atoms with van der Waals surface area (Å²) in [5.74, 6) is -0.769. The number of hydrogen-bond acceptors (Lipinski definition) is 3. The molecule has 0 saturated carbocycles. The van der Waals surface area contributed by atoms with E-state index in [0.717, 1.165) is 16.0 Å². The van der Waals surface area contributed by atoms with Crippen molar-refractivity contribution in [2.75, 3.05) is 13.6 Å². The molecule has 1 fully saturated rings. The summed E-state index contributed by atoms with van der Waals surface area (Å²) in [5, 5.41) is 2.75. The molecule has 0 aliphatic carbocycles. The number of carbonyl (C=O) groups is 3.